The molecule has 0 radical (unpaired) electrons. The average Bonchev–Trinajstić information content (AvgIpc) is 3.26. The van der Waals surface area contributed by atoms with E-state index in [0.29, 0.717) is 18.3 Å². The van der Waals surface area contributed by atoms with Crippen LogP contribution in [-0.2, 0) is 11.3 Å². The minimum absolute atomic E-state index is 0.338. The maximum atomic E-state index is 8.87. The van der Waals surface area contributed by atoms with E-state index in [2.05, 4.69) is 32.7 Å². The lowest BCUT2D eigenvalue weighted by Crippen LogP contribution is -2.36. The summed E-state index contributed by atoms with van der Waals surface area (Å²) < 4.78 is 5.91. The van der Waals surface area contributed by atoms with E-state index >= 15 is 0 Å². The topological polar surface area (TPSA) is 74.1 Å². The van der Waals surface area contributed by atoms with E-state index < -0.39 is 0 Å². The van der Waals surface area contributed by atoms with Crippen LogP contribution in [-0.4, -0.2) is 34.6 Å². The molecule has 4 rings (SSSR count). The summed E-state index contributed by atoms with van der Waals surface area (Å²) in [6, 6.07) is 16.2. The third-order valence-electron chi connectivity index (χ3n) is 5.24. The molecule has 1 atom stereocenters. The van der Waals surface area contributed by atoms with Crippen molar-refractivity contribution in [2.75, 3.05) is 25.0 Å². The summed E-state index contributed by atoms with van der Waals surface area (Å²) in [6.07, 6.45) is 5.24. The summed E-state index contributed by atoms with van der Waals surface area (Å²) in [7, 11) is 0. The van der Waals surface area contributed by atoms with Gasteiger partial charge in [-0.1, -0.05) is 36.8 Å². The number of piperidine rings is 1. The second kappa shape index (κ2) is 10.3. The fourth-order valence-electron chi connectivity index (χ4n) is 3.69. The van der Waals surface area contributed by atoms with E-state index in [1.165, 1.54) is 18.4 Å². The molecule has 154 valence electrons. The number of rotatable bonds is 8. The first kappa shape index (κ1) is 20.5. The van der Waals surface area contributed by atoms with Gasteiger partial charge in [-0.05, 0) is 37.1 Å². The van der Waals surface area contributed by atoms with Crippen LogP contribution in [0.4, 0.5) is 10.8 Å². The number of hydrogen-bond acceptors (Lipinski definition) is 7. The first-order chi connectivity index (χ1) is 14.8. The van der Waals surface area contributed by atoms with Crippen LogP contribution in [0.5, 0.6) is 0 Å². The van der Waals surface area contributed by atoms with Crippen LogP contribution in [0.25, 0.3) is 0 Å². The van der Waals surface area contributed by atoms with Crippen LogP contribution in [0, 0.1) is 11.3 Å². The van der Waals surface area contributed by atoms with E-state index in [4.69, 9.17) is 15.0 Å². The van der Waals surface area contributed by atoms with Gasteiger partial charge in [-0.3, -0.25) is 4.90 Å². The Balaban J connectivity index is 1.32. The summed E-state index contributed by atoms with van der Waals surface area (Å²) in [5.74, 6) is 0. The normalized spacial score (nSPS) is 16.8. The number of anilines is 2. The van der Waals surface area contributed by atoms with Crippen LogP contribution >= 0.6 is 11.3 Å². The maximum absolute atomic E-state index is 8.87. The quantitative estimate of drug-likeness (QED) is 0.524. The highest BCUT2D eigenvalue weighted by molar-refractivity contribution is 7.13. The van der Waals surface area contributed by atoms with Crippen LogP contribution in [0.2, 0.25) is 0 Å². The smallest absolute Gasteiger partial charge is 0.187 e. The molecule has 1 aliphatic rings. The fourth-order valence-corrected chi connectivity index (χ4v) is 4.47. The van der Waals surface area contributed by atoms with E-state index in [1.807, 2.05) is 30.3 Å². The van der Waals surface area contributed by atoms with Gasteiger partial charge >= 0.3 is 0 Å². The molecule has 30 heavy (non-hydrogen) atoms. The van der Waals surface area contributed by atoms with Crippen LogP contribution in [0.1, 0.15) is 42.3 Å². The number of nitrogens with zero attached hydrogens (tertiary/aromatic N) is 4. The summed E-state index contributed by atoms with van der Waals surface area (Å²) in [4.78, 5) is 11.4. The number of benzene rings is 1. The van der Waals surface area contributed by atoms with Crippen LogP contribution in [0.3, 0.4) is 0 Å². The third kappa shape index (κ3) is 5.42. The summed E-state index contributed by atoms with van der Waals surface area (Å²) in [5, 5.41) is 15.2. The van der Waals surface area contributed by atoms with E-state index in [0.717, 1.165) is 42.6 Å². The average molecular weight is 420 g/mol. The van der Waals surface area contributed by atoms with E-state index in [-0.39, 0.29) is 0 Å². The summed E-state index contributed by atoms with van der Waals surface area (Å²) in [5.41, 5.74) is 3.57. The fraction of sp³-hybridized carbons (Fsp3) is 0.348. The number of nitrogens with one attached hydrogen (secondary N) is 1. The van der Waals surface area contributed by atoms with Gasteiger partial charge in [-0.15, -0.1) is 11.3 Å². The van der Waals surface area contributed by atoms with Crippen molar-refractivity contribution in [1.82, 2.24) is 14.9 Å². The molecule has 6 nitrogen and oxygen atoms in total. The van der Waals surface area contributed by atoms with Crippen molar-refractivity contribution in [3.05, 3.63) is 71.0 Å². The Morgan fingerprint density at radius 3 is 2.90 bits per heavy atom. The summed E-state index contributed by atoms with van der Waals surface area (Å²) in [6.45, 7) is 3.37. The minimum atomic E-state index is 0.338. The molecule has 2 aromatic heterocycles. The molecule has 1 N–H and O–H groups in total. The Bertz CT molecular complexity index is 967. The predicted octanol–water partition coefficient (Wildman–Crippen LogP) is 4.90. The molecule has 0 bridgehead atoms. The van der Waals surface area contributed by atoms with Gasteiger partial charge in [0.2, 0.25) is 0 Å². The molecule has 7 heteroatoms. The second-order valence-corrected chi connectivity index (χ2v) is 8.19. The number of hydrogen-bond donors (Lipinski definition) is 1. The van der Waals surface area contributed by atoms with Crippen LogP contribution < -0.4 is 5.32 Å². The van der Waals surface area contributed by atoms with Crippen molar-refractivity contribution < 1.29 is 4.74 Å². The van der Waals surface area contributed by atoms with Gasteiger partial charge in [-0.25, -0.2) is 9.97 Å². The first-order valence-corrected chi connectivity index (χ1v) is 11.1. The van der Waals surface area contributed by atoms with Crippen molar-refractivity contribution >= 4 is 22.2 Å². The van der Waals surface area contributed by atoms with Gasteiger partial charge in [-0.2, -0.15) is 5.26 Å². The minimum Gasteiger partial charge on any atom is -0.375 e. The van der Waals surface area contributed by atoms with Crippen molar-refractivity contribution in [3.63, 3.8) is 0 Å². The highest BCUT2D eigenvalue weighted by atomic mass is 32.1. The lowest BCUT2D eigenvalue weighted by Gasteiger charge is -2.34. The van der Waals surface area contributed by atoms with Crippen LogP contribution in [0.15, 0.2) is 54.0 Å². The number of aromatic nitrogens is 2. The molecule has 0 aliphatic carbocycles. The molecule has 0 spiro atoms. The largest absolute Gasteiger partial charge is 0.375 e. The second-order valence-electron chi connectivity index (χ2n) is 7.33. The molecule has 1 aliphatic heterocycles. The molecule has 1 fully saturated rings. The zero-order valence-corrected chi connectivity index (χ0v) is 17.6. The number of pyridine rings is 1. The Hall–Kier alpha value is -2.79. The molecular formula is C23H25N5OS. The van der Waals surface area contributed by atoms with Gasteiger partial charge in [0.05, 0.1) is 36.8 Å². The molecule has 1 saturated heterocycles. The molecule has 1 aromatic carbocycles. The van der Waals surface area contributed by atoms with Gasteiger partial charge in [0.25, 0.3) is 0 Å². The lowest BCUT2D eigenvalue weighted by molar-refractivity contribution is 0.0629. The van der Waals surface area contributed by atoms with Gasteiger partial charge in [0, 0.05) is 11.9 Å². The monoisotopic (exact) mass is 419 g/mol. The van der Waals surface area contributed by atoms with Crippen molar-refractivity contribution in [1.29, 1.82) is 5.26 Å². The molecule has 0 saturated carbocycles. The van der Waals surface area contributed by atoms with Gasteiger partial charge < -0.3 is 10.1 Å². The molecule has 3 heterocycles. The van der Waals surface area contributed by atoms with Gasteiger partial charge in [0.15, 0.2) is 5.13 Å². The number of nitriles is 1. The highest BCUT2D eigenvalue weighted by Gasteiger charge is 2.25. The number of thiazole rings is 1. The Kier molecular flexibility index (Phi) is 7.03. The lowest BCUT2D eigenvalue weighted by atomic mass is 10.00. The molecular weight excluding hydrogens is 394 g/mol. The van der Waals surface area contributed by atoms with E-state index in [9.17, 15) is 0 Å². The predicted molar refractivity (Wildman–Crippen MR) is 119 cm³/mol. The molecule has 3 aromatic rings. The van der Waals surface area contributed by atoms with Crippen molar-refractivity contribution in [2.45, 2.75) is 31.9 Å². The zero-order valence-electron chi connectivity index (χ0n) is 16.8. The molecule has 0 amide bonds. The molecule has 0 unspecified atom stereocenters. The van der Waals surface area contributed by atoms with E-state index in [1.54, 1.807) is 23.6 Å². The number of ether oxygens (including phenoxy) is 1. The Labute approximate surface area is 181 Å². The first-order valence-electron chi connectivity index (χ1n) is 10.3. The van der Waals surface area contributed by atoms with Crippen molar-refractivity contribution in [2.24, 2.45) is 0 Å². The highest BCUT2D eigenvalue weighted by Crippen LogP contribution is 2.33. The summed E-state index contributed by atoms with van der Waals surface area (Å²) >= 11 is 1.60. The SMILES string of the molecule is N#Cc1ccc(Nc2nc([C@H]3CCCCN3CCOCc3ccccc3)cs2)cn1. The zero-order chi connectivity index (χ0) is 20.6. The third-order valence-corrected chi connectivity index (χ3v) is 6.02. The Morgan fingerprint density at radius 2 is 2.10 bits per heavy atom. The number of likely N-dealkylation sites (tertiary alicyclic amines) is 1. The maximum Gasteiger partial charge on any atom is 0.187 e. The Morgan fingerprint density at radius 1 is 1.20 bits per heavy atom. The van der Waals surface area contributed by atoms with Gasteiger partial charge in [0.1, 0.15) is 11.8 Å². The standard InChI is InChI=1S/C23H25N5OS/c24-14-19-9-10-20(15-25-19)26-23-27-21(17-30-23)22-8-4-5-11-28(22)12-13-29-16-18-6-2-1-3-7-18/h1-3,6-7,9-10,15,17,22H,4-5,8,11-13,16H2,(H,26,27)/t22-/m1/s1. The van der Waals surface area contributed by atoms with Crippen molar-refractivity contribution in [3.8, 4) is 6.07 Å².